The highest BCUT2D eigenvalue weighted by Crippen LogP contribution is 2.30. The van der Waals surface area contributed by atoms with Crippen LogP contribution in [0.3, 0.4) is 0 Å². The van der Waals surface area contributed by atoms with Gasteiger partial charge in [-0.1, -0.05) is 36.4 Å². The average molecular weight is 288 g/mol. The number of benzene rings is 2. The van der Waals surface area contributed by atoms with Gasteiger partial charge in [-0.25, -0.2) is 8.78 Å². The molecule has 110 valence electrons. The standard InChI is InChI=1S/C17H18F2N2/c18-15-7-3-6-13(17(15)19)10-16(21-20)14-8-11-4-1-2-5-12(11)9-14/h1-7,14,16,21H,8-10,20H2. The third-order valence-corrected chi connectivity index (χ3v) is 4.34. The van der Waals surface area contributed by atoms with Crippen LogP contribution in [0.25, 0.3) is 0 Å². The van der Waals surface area contributed by atoms with E-state index in [4.69, 9.17) is 5.84 Å². The molecule has 1 atom stereocenters. The predicted molar refractivity (Wildman–Crippen MR) is 78.5 cm³/mol. The molecule has 2 aromatic rings. The fourth-order valence-corrected chi connectivity index (χ4v) is 3.18. The van der Waals surface area contributed by atoms with E-state index in [9.17, 15) is 8.78 Å². The summed E-state index contributed by atoms with van der Waals surface area (Å²) in [4.78, 5) is 0. The molecule has 0 saturated carbocycles. The molecule has 21 heavy (non-hydrogen) atoms. The molecule has 1 unspecified atom stereocenters. The van der Waals surface area contributed by atoms with Crippen LogP contribution in [0.2, 0.25) is 0 Å². The van der Waals surface area contributed by atoms with E-state index in [0.717, 1.165) is 18.9 Å². The summed E-state index contributed by atoms with van der Waals surface area (Å²) < 4.78 is 27.1. The smallest absolute Gasteiger partial charge is 0.162 e. The summed E-state index contributed by atoms with van der Waals surface area (Å²) in [6.07, 6.45) is 2.22. The minimum atomic E-state index is -0.807. The third-order valence-electron chi connectivity index (χ3n) is 4.34. The molecule has 2 aromatic carbocycles. The minimum absolute atomic E-state index is 0.0753. The van der Waals surface area contributed by atoms with Crippen molar-refractivity contribution in [1.29, 1.82) is 0 Å². The molecule has 3 N–H and O–H groups in total. The van der Waals surface area contributed by atoms with Crippen molar-refractivity contribution in [2.24, 2.45) is 11.8 Å². The summed E-state index contributed by atoms with van der Waals surface area (Å²) in [6, 6.07) is 12.5. The Hall–Kier alpha value is -1.78. The van der Waals surface area contributed by atoms with Gasteiger partial charge in [0.2, 0.25) is 0 Å². The third kappa shape index (κ3) is 2.82. The Bertz CT molecular complexity index is 617. The van der Waals surface area contributed by atoms with Gasteiger partial charge >= 0.3 is 0 Å². The van der Waals surface area contributed by atoms with Gasteiger partial charge in [-0.15, -0.1) is 0 Å². The fraction of sp³-hybridized carbons (Fsp3) is 0.294. The van der Waals surface area contributed by atoms with Gasteiger partial charge in [-0.05, 0) is 47.9 Å². The topological polar surface area (TPSA) is 38.0 Å². The zero-order valence-electron chi connectivity index (χ0n) is 11.7. The van der Waals surface area contributed by atoms with E-state index in [0.29, 0.717) is 17.9 Å². The molecule has 2 nitrogen and oxygen atoms in total. The van der Waals surface area contributed by atoms with Crippen molar-refractivity contribution in [3.63, 3.8) is 0 Å². The molecular formula is C17H18F2N2. The molecular weight excluding hydrogens is 270 g/mol. The first-order valence-electron chi connectivity index (χ1n) is 7.15. The first-order chi connectivity index (χ1) is 10.2. The van der Waals surface area contributed by atoms with Crippen LogP contribution in [-0.2, 0) is 19.3 Å². The summed E-state index contributed by atoms with van der Waals surface area (Å²) in [7, 11) is 0. The lowest BCUT2D eigenvalue weighted by Gasteiger charge is -2.23. The second-order valence-electron chi connectivity index (χ2n) is 5.63. The highest BCUT2D eigenvalue weighted by molar-refractivity contribution is 5.33. The normalized spacial score (nSPS) is 16.0. The Morgan fingerprint density at radius 1 is 1.05 bits per heavy atom. The van der Waals surface area contributed by atoms with Gasteiger partial charge < -0.3 is 0 Å². The number of rotatable bonds is 4. The molecule has 0 radical (unpaired) electrons. The summed E-state index contributed by atoms with van der Waals surface area (Å²) in [5.74, 6) is 4.38. The largest absolute Gasteiger partial charge is 0.271 e. The molecule has 1 aliphatic carbocycles. The van der Waals surface area contributed by atoms with Gasteiger partial charge in [-0.3, -0.25) is 11.3 Å². The Balaban J connectivity index is 1.77. The van der Waals surface area contributed by atoms with Crippen LogP contribution < -0.4 is 11.3 Å². The van der Waals surface area contributed by atoms with Crippen molar-refractivity contribution in [3.8, 4) is 0 Å². The molecule has 0 amide bonds. The number of fused-ring (bicyclic) bond motifs is 1. The molecule has 4 heteroatoms. The van der Waals surface area contributed by atoms with Gasteiger partial charge in [0, 0.05) is 6.04 Å². The Kier molecular flexibility index (Phi) is 3.99. The number of nitrogens with one attached hydrogen (secondary N) is 1. The van der Waals surface area contributed by atoms with Crippen molar-refractivity contribution in [2.75, 3.05) is 0 Å². The van der Waals surface area contributed by atoms with Crippen molar-refractivity contribution in [3.05, 3.63) is 70.8 Å². The molecule has 3 rings (SSSR count). The molecule has 0 heterocycles. The van der Waals surface area contributed by atoms with E-state index in [2.05, 4.69) is 17.6 Å². The van der Waals surface area contributed by atoms with Crippen LogP contribution in [0, 0.1) is 17.6 Å². The lowest BCUT2D eigenvalue weighted by Crippen LogP contribution is -2.43. The maximum atomic E-state index is 13.8. The predicted octanol–water partition coefficient (Wildman–Crippen LogP) is 2.75. The van der Waals surface area contributed by atoms with Crippen LogP contribution in [0.15, 0.2) is 42.5 Å². The number of hydrogen-bond donors (Lipinski definition) is 2. The number of hydrazine groups is 1. The highest BCUT2D eigenvalue weighted by Gasteiger charge is 2.28. The molecule has 0 spiro atoms. The van der Waals surface area contributed by atoms with Crippen molar-refractivity contribution in [2.45, 2.75) is 25.3 Å². The van der Waals surface area contributed by atoms with E-state index >= 15 is 0 Å². The minimum Gasteiger partial charge on any atom is -0.271 e. The Labute approximate surface area is 122 Å². The van der Waals surface area contributed by atoms with Gasteiger partial charge in [0.15, 0.2) is 11.6 Å². The van der Waals surface area contributed by atoms with Gasteiger partial charge in [0.1, 0.15) is 0 Å². The van der Waals surface area contributed by atoms with E-state index in [1.807, 2.05) is 12.1 Å². The summed E-state index contributed by atoms with van der Waals surface area (Å²) in [6.45, 7) is 0. The number of halogens is 2. The van der Waals surface area contributed by atoms with Crippen molar-refractivity contribution >= 4 is 0 Å². The maximum absolute atomic E-state index is 13.8. The number of nitrogens with two attached hydrogens (primary N) is 1. The molecule has 0 aliphatic heterocycles. The van der Waals surface area contributed by atoms with E-state index in [1.54, 1.807) is 6.07 Å². The molecule has 0 aromatic heterocycles. The Morgan fingerprint density at radius 2 is 1.71 bits per heavy atom. The lowest BCUT2D eigenvalue weighted by atomic mass is 9.91. The zero-order chi connectivity index (χ0) is 14.8. The quantitative estimate of drug-likeness (QED) is 0.670. The van der Waals surface area contributed by atoms with Gasteiger partial charge in [0.25, 0.3) is 0 Å². The molecule has 0 fully saturated rings. The molecule has 0 bridgehead atoms. The monoisotopic (exact) mass is 288 g/mol. The van der Waals surface area contributed by atoms with Crippen LogP contribution in [-0.4, -0.2) is 6.04 Å². The van der Waals surface area contributed by atoms with E-state index in [1.165, 1.54) is 17.2 Å². The average Bonchev–Trinajstić information content (AvgIpc) is 2.92. The van der Waals surface area contributed by atoms with E-state index < -0.39 is 11.6 Å². The van der Waals surface area contributed by atoms with Crippen LogP contribution >= 0.6 is 0 Å². The second kappa shape index (κ2) is 5.92. The van der Waals surface area contributed by atoms with Crippen LogP contribution in [0.4, 0.5) is 8.78 Å². The SMILES string of the molecule is NNC(Cc1cccc(F)c1F)C1Cc2ccccc2C1. The van der Waals surface area contributed by atoms with Gasteiger partial charge in [0.05, 0.1) is 0 Å². The first kappa shape index (κ1) is 14.2. The summed E-state index contributed by atoms with van der Waals surface area (Å²) in [5.41, 5.74) is 5.80. The zero-order valence-corrected chi connectivity index (χ0v) is 11.7. The van der Waals surface area contributed by atoms with Crippen LogP contribution in [0.1, 0.15) is 16.7 Å². The summed E-state index contributed by atoms with van der Waals surface area (Å²) >= 11 is 0. The van der Waals surface area contributed by atoms with Crippen molar-refractivity contribution < 1.29 is 8.78 Å². The second-order valence-corrected chi connectivity index (χ2v) is 5.63. The molecule has 0 saturated heterocycles. The van der Waals surface area contributed by atoms with E-state index in [-0.39, 0.29) is 6.04 Å². The first-order valence-corrected chi connectivity index (χ1v) is 7.15. The lowest BCUT2D eigenvalue weighted by molar-refractivity contribution is 0.361. The van der Waals surface area contributed by atoms with Gasteiger partial charge in [-0.2, -0.15) is 0 Å². The highest BCUT2D eigenvalue weighted by atomic mass is 19.2. The molecule has 1 aliphatic rings. The van der Waals surface area contributed by atoms with Crippen LogP contribution in [0.5, 0.6) is 0 Å². The Morgan fingerprint density at radius 3 is 2.33 bits per heavy atom. The fourth-order valence-electron chi connectivity index (χ4n) is 3.18. The summed E-state index contributed by atoms with van der Waals surface area (Å²) in [5, 5.41) is 0. The van der Waals surface area contributed by atoms with Crippen molar-refractivity contribution in [1.82, 2.24) is 5.43 Å². The maximum Gasteiger partial charge on any atom is 0.162 e. The number of hydrogen-bond acceptors (Lipinski definition) is 2.